The van der Waals surface area contributed by atoms with Crippen LogP contribution in [0.2, 0.25) is 5.02 Å². The van der Waals surface area contributed by atoms with Crippen LogP contribution in [0.1, 0.15) is 84.2 Å². The number of alkyl halides is 3. The van der Waals surface area contributed by atoms with Crippen molar-refractivity contribution in [3.05, 3.63) is 91.8 Å². The maximum Gasteiger partial charge on any atom is 0.416 e. The van der Waals surface area contributed by atoms with Gasteiger partial charge >= 0.3 is 12.1 Å². The summed E-state index contributed by atoms with van der Waals surface area (Å²) in [5.41, 5.74) is 0.673. The van der Waals surface area contributed by atoms with Crippen LogP contribution in [0.3, 0.4) is 0 Å². The fourth-order valence-corrected chi connectivity index (χ4v) is 6.79. The molecule has 3 aliphatic rings. The van der Waals surface area contributed by atoms with Gasteiger partial charge in [-0.15, -0.1) is 0 Å². The Bertz CT molecular complexity index is 2040. The van der Waals surface area contributed by atoms with Gasteiger partial charge in [0.25, 0.3) is 11.8 Å². The smallest absolute Gasteiger partial charge is 0.416 e. The van der Waals surface area contributed by atoms with E-state index >= 15 is 0 Å². The molecule has 16 heteroatoms. The molecule has 6 rings (SSSR count). The Balaban J connectivity index is 0.000000195. The molecule has 0 N–H and O–H groups in total. The van der Waals surface area contributed by atoms with E-state index in [0.29, 0.717) is 58.2 Å². The van der Waals surface area contributed by atoms with Gasteiger partial charge in [0.1, 0.15) is 5.03 Å². The Morgan fingerprint density at radius 2 is 1.68 bits per heavy atom. The quantitative estimate of drug-likeness (QED) is 0.0994. The second kappa shape index (κ2) is 14.5. The Morgan fingerprint density at radius 3 is 2.24 bits per heavy atom. The molecule has 2 aromatic carbocycles. The third kappa shape index (κ3) is 7.87. The number of halogens is 5. The summed E-state index contributed by atoms with van der Waals surface area (Å²) >= 11 is 12.1. The number of aromatic nitrogens is 1. The second-order valence-electron chi connectivity index (χ2n) is 11.7. The van der Waals surface area contributed by atoms with Gasteiger partial charge in [0.15, 0.2) is 21.4 Å². The van der Waals surface area contributed by atoms with Crippen LogP contribution < -0.4 is 4.90 Å². The van der Waals surface area contributed by atoms with Crippen LogP contribution in [0.4, 0.5) is 18.9 Å². The molecular weight excluding hydrogens is 724 g/mol. The highest BCUT2D eigenvalue weighted by Crippen LogP contribution is 2.42. The molecule has 2 heterocycles. The molecule has 0 spiro atoms. The molecule has 0 saturated heterocycles. The zero-order valence-corrected chi connectivity index (χ0v) is 28.9. The number of ketones is 1. The standard InChI is InChI=1S/C19H17Cl2NO4.C15H12F3NO4S/c1-2-26-19(25)16(21)10-11-9-12(7-8-15(11)20)22-17(23)13-5-3-4-6-14(13)18(22)24;1-24(21,22)12-6-9(15(16,17)18)4-5-10(12)13(20)11-7-19-23-14(11)8-2-3-8/h7-10H,2-6H2,1H3;4-8H,2-3H2,1H3/b16-10-;. The minimum Gasteiger partial charge on any atom is -0.462 e. The first-order valence-corrected chi connectivity index (χ1v) is 18.0. The highest BCUT2D eigenvalue weighted by atomic mass is 35.5. The molecule has 1 aromatic heterocycles. The van der Waals surface area contributed by atoms with Crippen LogP contribution in [0, 0.1) is 0 Å². The molecule has 2 amide bonds. The molecule has 1 saturated carbocycles. The number of ether oxygens (including phenoxy) is 1. The number of carbonyl (C=O) groups excluding carboxylic acids is 4. The van der Waals surface area contributed by atoms with Crippen molar-refractivity contribution in [2.24, 2.45) is 0 Å². The van der Waals surface area contributed by atoms with Crippen LogP contribution >= 0.6 is 23.2 Å². The van der Waals surface area contributed by atoms with E-state index in [0.717, 1.165) is 38.0 Å². The number of hydrogen-bond donors (Lipinski definition) is 0. The van der Waals surface area contributed by atoms with E-state index in [1.54, 1.807) is 25.1 Å². The van der Waals surface area contributed by atoms with Crippen molar-refractivity contribution in [1.29, 1.82) is 0 Å². The van der Waals surface area contributed by atoms with Gasteiger partial charge in [0.05, 0.1) is 34.5 Å². The van der Waals surface area contributed by atoms with Crippen molar-refractivity contribution in [2.45, 2.75) is 62.4 Å². The first-order valence-electron chi connectivity index (χ1n) is 15.4. The van der Waals surface area contributed by atoms with E-state index in [1.807, 2.05) is 0 Å². The molecule has 0 atom stereocenters. The van der Waals surface area contributed by atoms with Crippen molar-refractivity contribution in [1.82, 2.24) is 5.16 Å². The van der Waals surface area contributed by atoms with Crippen LogP contribution in [0.15, 0.2) is 68.2 Å². The van der Waals surface area contributed by atoms with Gasteiger partial charge in [-0.2, -0.15) is 13.2 Å². The summed E-state index contributed by atoms with van der Waals surface area (Å²) in [5.74, 6) is -1.55. The maximum absolute atomic E-state index is 12.8. The SMILES string of the molecule is CCOC(=O)/C(Cl)=C/c1cc(N2C(=O)C3=C(CCCC3)C2=O)ccc1Cl.CS(=O)(=O)c1cc(C(F)(F)F)ccc1C(=O)c1cnoc1C1CC1. The Labute approximate surface area is 294 Å². The monoisotopic (exact) mass is 752 g/mol. The highest BCUT2D eigenvalue weighted by Gasteiger charge is 2.40. The van der Waals surface area contributed by atoms with Gasteiger partial charge in [-0.05, 0) is 93.5 Å². The molecule has 2 aliphatic carbocycles. The van der Waals surface area contributed by atoms with E-state index < -0.39 is 38.2 Å². The summed E-state index contributed by atoms with van der Waals surface area (Å²) < 4.78 is 72.1. The highest BCUT2D eigenvalue weighted by molar-refractivity contribution is 7.90. The summed E-state index contributed by atoms with van der Waals surface area (Å²) in [4.78, 5) is 50.2. The van der Waals surface area contributed by atoms with Gasteiger partial charge in [-0.25, -0.2) is 18.1 Å². The molecule has 1 aliphatic heterocycles. The average molecular weight is 754 g/mol. The lowest BCUT2D eigenvalue weighted by atomic mass is 9.93. The first-order chi connectivity index (χ1) is 23.5. The average Bonchev–Trinajstić information content (AvgIpc) is 3.74. The van der Waals surface area contributed by atoms with E-state index in [9.17, 15) is 40.8 Å². The van der Waals surface area contributed by atoms with Crippen molar-refractivity contribution in [3.8, 4) is 0 Å². The molecule has 3 aromatic rings. The molecule has 0 radical (unpaired) electrons. The molecule has 264 valence electrons. The second-order valence-corrected chi connectivity index (χ2v) is 14.5. The zero-order chi connectivity index (χ0) is 36.5. The normalized spacial score (nSPS) is 16.6. The number of hydrogen-bond acceptors (Lipinski definition) is 9. The van der Waals surface area contributed by atoms with E-state index in [-0.39, 0.29) is 40.5 Å². The maximum atomic E-state index is 12.8. The molecule has 0 unspecified atom stereocenters. The van der Waals surface area contributed by atoms with E-state index in [4.69, 9.17) is 32.5 Å². The number of rotatable bonds is 8. The number of esters is 1. The zero-order valence-electron chi connectivity index (χ0n) is 26.6. The minimum absolute atomic E-state index is 0.0441. The third-order valence-corrected chi connectivity index (χ3v) is 9.87. The van der Waals surface area contributed by atoms with Crippen molar-refractivity contribution < 1.29 is 50.0 Å². The van der Waals surface area contributed by atoms with Crippen LogP contribution in [0.25, 0.3) is 6.08 Å². The van der Waals surface area contributed by atoms with Gasteiger partial charge in [-0.1, -0.05) is 28.4 Å². The topological polar surface area (TPSA) is 141 Å². The summed E-state index contributed by atoms with van der Waals surface area (Å²) in [6, 6.07) is 6.78. The van der Waals surface area contributed by atoms with Crippen molar-refractivity contribution in [2.75, 3.05) is 17.8 Å². The number of nitrogens with zero attached hydrogens (tertiary/aromatic N) is 2. The minimum atomic E-state index is -4.71. The van der Waals surface area contributed by atoms with E-state index in [1.165, 1.54) is 17.2 Å². The summed E-state index contributed by atoms with van der Waals surface area (Å²) in [6.45, 7) is 1.87. The largest absolute Gasteiger partial charge is 0.462 e. The van der Waals surface area contributed by atoms with Crippen LogP contribution in [-0.2, 0) is 35.1 Å². The molecule has 10 nitrogen and oxygen atoms in total. The predicted octanol–water partition coefficient (Wildman–Crippen LogP) is 7.43. The Kier molecular flexibility index (Phi) is 10.8. The third-order valence-electron chi connectivity index (χ3n) is 8.12. The lowest BCUT2D eigenvalue weighted by Gasteiger charge is -2.16. The molecule has 50 heavy (non-hydrogen) atoms. The Morgan fingerprint density at radius 1 is 1.04 bits per heavy atom. The number of benzene rings is 2. The number of carbonyl (C=O) groups is 4. The van der Waals surface area contributed by atoms with Gasteiger partial charge in [-0.3, -0.25) is 14.4 Å². The lowest BCUT2D eigenvalue weighted by Crippen LogP contribution is -2.31. The fraction of sp³-hybridized carbons (Fsp3) is 0.324. The fourth-order valence-electron chi connectivity index (χ4n) is 5.55. The molecule has 1 fully saturated rings. The number of sulfone groups is 1. The summed E-state index contributed by atoms with van der Waals surface area (Å²) in [5, 5.41) is 3.76. The summed E-state index contributed by atoms with van der Waals surface area (Å²) in [6.07, 6.45) is 3.31. The van der Waals surface area contributed by atoms with Crippen molar-refractivity contribution in [3.63, 3.8) is 0 Å². The number of anilines is 1. The number of imide groups is 1. The molecular formula is C34H29Cl2F3N2O8S. The van der Waals surface area contributed by atoms with Gasteiger partial charge in [0, 0.05) is 33.9 Å². The predicted molar refractivity (Wildman–Crippen MR) is 176 cm³/mol. The summed E-state index contributed by atoms with van der Waals surface area (Å²) in [7, 11) is -4.04. The molecule has 0 bridgehead atoms. The van der Waals surface area contributed by atoms with Crippen molar-refractivity contribution >= 4 is 68.4 Å². The Hall–Kier alpha value is -4.27. The van der Waals surface area contributed by atoms with Gasteiger partial charge < -0.3 is 9.26 Å². The van der Waals surface area contributed by atoms with E-state index in [2.05, 4.69) is 5.16 Å². The van der Waals surface area contributed by atoms with Gasteiger partial charge in [0.2, 0.25) is 0 Å². The number of amides is 2. The first kappa shape index (κ1) is 37.0. The van der Waals surface area contributed by atoms with Crippen LogP contribution in [-0.4, -0.2) is 50.0 Å². The lowest BCUT2D eigenvalue weighted by molar-refractivity contribution is -0.138. The van der Waals surface area contributed by atoms with Crippen LogP contribution in [0.5, 0.6) is 0 Å².